The number of amides is 1. The highest BCUT2D eigenvalue weighted by Crippen LogP contribution is 2.20. The van der Waals surface area contributed by atoms with Crippen LogP contribution in [0.2, 0.25) is 0 Å². The van der Waals surface area contributed by atoms with Crippen LogP contribution in [0.5, 0.6) is 0 Å². The third-order valence-corrected chi connectivity index (χ3v) is 2.70. The summed E-state index contributed by atoms with van der Waals surface area (Å²) in [5.41, 5.74) is 0. The van der Waals surface area contributed by atoms with Gasteiger partial charge in [0, 0.05) is 7.05 Å². The van der Waals surface area contributed by atoms with Gasteiger partial charge in [-0.3, -0.25) is 14.5 Å². The molecule has 14 heavy (non-hydrogen) atoms. The van der Waals surface area contributed by atoms with Gasteiger partial charge >= 0.3 is 5.97 Å². The van der Waals surface area contributed by atoms with E-state index in [1.165, 1.54) is 0 Å². The number of carbonyl (C=O) groups is 2. The van der Waals surface area contributed by atoms with Gasteiger partial charge in [-0.2, -0.15) is 0 Å². The van der Waals surface area contributed by atoms with Crippen molar-refractivity contribution in [3.8, 4) is 0 Å². The molecule has 5 heteroatoms. The van der Waals surface area contributed by atoms with E-state index in [-0.39, 0.29) is 11.9 Å². The third kappa shape index (κ3) is 2.04. The molecule has 1 saturated heterocycles. The second-order valence-electron chi connectivity index (χ2n) is 3.52. The van der Waals surface area contributed by atoms with Gasteiger partial charge in [-0.15, -0.1) is 0 Å². The zero-order valence-corrected chi connectivity index (χ0v) is 8.49. The van der Waals surface area contributed by atoms with Crippen LogP contribution < -0.4 is 5.32 Å². The van der Waals surface area contributed by atoms with Gasteiger partial charge in [-0.05, 0) is 26.3 Å². The van der Waals surface area contributed by atoms with E-state index in [1.807, 2.05) is 0 Å². The number of rotatable bonds is 3. The standard InChI is InChI=1S/C9H16N2O3/c1-6(9(13)14)11-5-3-4-7(11)8(12)10-2/h6-7H,3-5H2,1-2H3,(H,10,12)(H,13,14). The maximum Gasteiger partial charge on any atom is 0.320 e. The first-order chi connectivity index (χ1) is 6.57. The molecular weight excluding hydrogens is 184 g/mol. The van der Waals surface area contributed by atoms with Crippen LogP contribution in [0, 0.1) is 0 Å². The van der Waals surface area contributed by atoms with Crippen molar-refractivity contribution in [3.05, 3.63) is 0 Å². The van der Waals surface area contributed by atoms with Crippen molar-refractivity contribution in [1.82, 2.24) is 10.2 Å². The summed E-state index contributed by atoms with van der Waals surface area (Å²) in [5.74, 6) is -0.962. The van der Waals surface area contributed by atoms with Crippen LogP contribution in [0.25, 0.3) is 0 Å². The largest absolute Gasteiger partial charge is 0.480 e. The minimum absolute atomic E-state index is 0.0874. The highest BCUT2D eigenvalue weighted by molar-refractivity contribution is 5.83. The van der Waals surface area contributed by atoms with Gasteiger partial charge in [0.15, 0.2) is 0 Å². The van der Waals surface area contributed by atoms with Crippen molar-refractivity contribution >= 4 is 11.9 Å². The Balaban J connectivity index is 2.68. The fraction of sp³-hybridized carbons (Fsp3) is 0.778. The Bertz CT molecular complexity index is 242. The van der Waals surface area contributed by atoms with Crippen LogP contribution in [0.1, 0.15) is 19.8 Å². The van der Waals surface area contributed by atoms with E-state index < -0.39 is 12.0 Å². The summed E-state index contributed by atoms with van der Waals surface area (Å²) in [4.78, 5) is 23.9. The summed E-state index contributed by atoms with van der Waals surface area (Å²) < 4.78 is 0. The van der Waals surface area contributed by atoms with Gasteiger partial charge in [0.25, 0.3) is 0 Å². The van der Waals surface area contributed by atoms with Crippen LogP contribution in [-0.2, 0) is 9.59 Å². The van der Waals surface area contributed by atoms with Gasteiger partial charge in [0.1, 0.15) is 6.04 Å². The maximum absolute atomic E-state index is 11.4. The molecule has 0 radical (unpaired) electrons. The number of nitrogens with zero attached hydrogens (tertiary/aromatic N) is 1. The first-order valence-electron chi connectivity index (χ1n) is 4.78. The number of hydrogen-bond acceptors (Lipinski definition) is 3. The zero-order valence-electron chi connectivity index (χ0n) is 8.49. The molecule has 0 saturated carbocycles. The van der Waals surface area contributed by atoms with E-state index in [4.69, 9.17) is 5.11 Å². The Morgan fingerprint density at radius 3 is 2.71 bits per heavy atom. The Morgan fingerprint density at radius 2 is 2.21 bits per heavy atom. The average molecular weight is 200 g/mol. The Morgan fingerprint density at radius 1 is 1.57 bits per heavy atom. The molecule has 2 atom stereocenters. The molecule has 1 rings (SSSR count). The molecule has 1 fully saturated rings. The summed E-state index contributed by atoms with van der Waals surface area (Å²) in [7, 11) is 1.57. The van der Waals surface area contributed by atoms with Crippen LogP contribution in [0.15, 0.2) is 0 Å². The lowest BCUT2D eigenvalue weighted by atomic mass is 10.2. The molecule has 2 N–H and O–H groups in total. The van der Waals surface area contributed by atoms with Gasteiger partial charge in [-0.25, -0.2) is 0 Å². The summed E-state index contributed by atoms with van der Waals surface area (Å²) >= 11 is 0. The molecule has 2 unspecified atom stereocenters. The minimum Gasteiger partial charge on any atom is -0.480 e. The number of hydrogen-bond donors (Lipinski definition) is 2. The highest BCUT2D eigenvalue weighted by atomic mass is 16.4. The van der Waals surface area contributed by atoms with Crippen molar-refractivity contribution < 1.29 is 14.7 Å². The maximum atomic E-state index is 11.4. The van der Waals surface area contributed by atoms with E-state index in [9.17, 15) is 9.59 Å². The second kappa shape index (κ2) is 4.41. The normalized spacial score (nSPS) is 24.6. The van der Waals surface area contributed by atoms with Gasteiger partial charge in [0.2, 0.25) is 5.91 Å². The lowest BCUT2D eigenvalue weighted by molar-refractivity contribution is -0.143. The van der Waals surface area contributed by atoms with Gasteiger partial charge < -0.3 is 10.4 Å². The van der Waals surface area contributed by atoms with Crippen LogP contribution in [0.3, 0.4) is 0 Å². The number of aliphatic carboxylic acids is 1. The number of carbonyl (C=O) groups excluding carboxylic acids is 1. The Hall–Kier alpha value is -1.10. The summed E-state index contributed by atoms with van der Waals surface area (Å²) in [6, 6.07) is -0.856. The minimum atomic E-state index is -0.874. The molecule has 0 spiro atoms. The molecule has 0 aliphatic carbocycles. The molecule has 0 aromatic rings. The van der Waals surface area contributed by atoms with E-state index in [0.717, 1.165) is 12.8 Å². The van der Waals surface area contributed by atoms with E-state index in [1.54, 1.807) is 18.9 Å². The molecule has 1 aliphatic rings. The summed E-state index contributed by atoms with van der Waals surface area (Å²) in [6.45, 7) is 2.30. The molecular formula is C9H16N2O3. The molecule has 5 nitrogen and oxygen atoms in total. The number of carboxylic acid groups (broad SMARTS) is 1. The SMILES string of the molecule is CNC(=O)C1CCCN1C(C)C(=O)O. The second-order valence-corrected chi connectivity index (χ2v) is 3.52. The summed E-state index contributed by atoms with van der Waals surface area (Å²) in [6.07, 6.45) is 1.63. The fourth-order valence-electron chi connectivity index (χ4n) is 1.84. The van der Waals surface area contributed by atoms with E-state index >= 15 is 0 Å². The van der Waals surface area contributed by atoms with Crippen LogP contribution in [-0.4, -0.2) is 47.6 Å². The number of likely N-dealkylation sites (N-methyl/N-ethyl adjacent to an activating group) is 1. The Kier molecular flexibility index (Phi) is 3.46. The molecule has 1 heterocycles. The predicted octanol–water partition coefficient (Wildman–Crippen LogP) is -0.330. The lowest BCUT2D eigenvalue weighted by Gasteiger charge is -2.26. The van der Waals surface area contributed by atoms with Crippen molar-refractivity contribution in [3.63, 3.8) is 0 Å². The fourth-order valence-corrected chi connectivity index (χ4v) is 1.84. The average Bonchev–Trinajstić information content (AvgIpc) is 2.63. The molecule has 1 amide bonds. The Labute approximate surface area is 83.1 Å². The first kappa shape index (κ1) is 11.0. The van der Waals surface area contributed by atoms with E-state index in [2.05, 4.69) is 5.32 Å². The van der Waals surface area contributed by atoms with Gasteiger partial charge in [-0.1, -0.05) is 0 Å². The molecule has 0 aromatic heterocycles. The quantitative estimate of drug-likeness (QED) is 0.654. The zero-order chi connectivity index (χ0) is 10.7. The number of carboxylic acids is 1. The number of nitrogens with one attached hydrogen (secondary N) is 1. The van der Waals surface area contributed by atoms with Gasteiger partial charge in [0.05, 0.1) is 6.04 Å². The molecule has 80 valence electrons. The van der Waals surface area contributed by atoms with Crippen molar-refractivity contribution in [1.29, 1.82) is 0 Å². The lowest BCUT2D eigenvalue weighted by Crippen LogP contribution is -2.48. The topological polar surface area (TPSA) is 69.6 Å². The third-order valence-electron chi connectivity index (χ3n) is 2.70. The van der Waals surface area contributed by atoms with Crippen molar-refractivity contribution in [2.45, 2.75) is 31.8 Å². The van der Waals surface area contributed by atoms with E-state index in [0.29, 0.717) is 6.54 Å². The van der Waals surface area contributed by atoms with Crippen molar-refractivity contribution in [2.24, 2.45) is 0 Å². The highest BCUT2D eigenvalue weighted by Gasteiger charge is 2.35. The molecule has 1 aliphatic heterocycles. The summed E-state index contributed by atoms with van der Waals surface area (Å²) in [5, 5.41) is 11.4. The van der Waals surface area contributed by atoms with Crippen LogP contribution in [0.4, 0.5) is 0 Å². The first-order valence-corrected chi connectivity index (χ1v) is 4.78. The van der Waals surface area contributed by atoms with Crippen molar-refractivity contribution in [2.75, 3.05) is 13.6 Å². The monoisotopic (exact) mass is 200 g/mol. The van der Waals surface area contributed by atoms with Crippen LogP contribution >= 0.6 is 0 Å². The predicted molar refractivity (Wildman–Crippen MR) is 50.9 cm³/mol. The molecule has 0 bridgehead atoms. The smallest absolute Gasteiger partial charge is 0.320 e. The number of likely N-dealkylation sites (tertiary alicyclic amines) is 1. The molecule has 0 aromatic carbocycles.